The van der Waals surface area contributed by atoms with Gasteiger partial charge in [0.2, 0.25) is 5.91 Å². The third-order valence-corrected chi connectivity index (χ3v) is 7.89. The highest BCUT2D eigenvalue weighted by Crippen LogP contribution is 2.36. The van der Waals surface area contributed by atoms with Gasteiger partial charge in [-0.05, 0) is 49.8 Å². The maximum Gasteiger partial charge on any atom is 0.224 e. The summed E-state index contributed by atoms with van der Waals surface area (Å²) in [5.41, 5.74) is 6.04. The van der Waals surface area contributed by atoms with Crippen LogP contribution in [0.15, 0.2) is 29.2 Å². The molecule has 1 amide bonds. The molecule has 3 N–H and O–H groups in total. The van der Waals surface area contributed by atoms with Crippen LogP contribution in [0.2, 0.25) is 5.02 Å². The van der Waals surface area contributed by atoms with Gasteiger partial charge in [0.25, 0.3) is 0 Å². The van der Waals surface area contributed by atoms with Crippen LogP contribution >= 0.6 is 11.6 Å². The zero-order valence-electron chi connectivity index (χ0n) is 14.2. The molecule has 0 heterocycles. The summed E-state index contributed by atoms with van der Waals surface area (Å²) < 4.78 is 25.2. The lowest BCUT2D eigenvalue weighted by Crippen LogP contribution is -2.47. The number of sulfone groups is 1. The summed E-state index contributed by atoms with van der Waals surface area (Å²) in [6.45, 7) is 0.531. The normalized spacial score (nSPS) is 29.7. The monoisotopic (exact) mass is 384 g/mol. The number of hydrogen-bond donors (Lipinski definition) is 2. The van der Waals surface area contributed by atoms with Crippen LogP contribution in [0.1, 0.15) is 38.5 Å². The minimum atomic E-state index is -3.34. The molecule has 0 aromatic heterocycles. The standard InChI is InChI=1S/C18H25ClN2O3S/c19-13-4-3-5-14(10-13)25(23,24)15-8-12(9-15)11-21-18(22)16-6-1-2-7-17(16)20/h3-5,10,12,15-17H,1-2,6-9,11,20H2,(H,21,22)/t12-,15-,16-,17+/m0/s1. The van der Waals surface area contributed by atoms with E-state index in [4.69, 9.17) is 17.3 Å². The number of hydrogen-bond acceptors (Lipinski definition) is 4. The summed E-state index contributed by atoms with van der Waals surface area (Å²) in [5, 5.41) is 3.01. The number of benzene rings is 1. The highest BCUT2D eigenvalue weighted by molar-refractivity contribution is 7.92. The van der Waals surface area contributed by atoms with Crippen molar-refractivity contribution < 1.29 is 13.2 Å². The smallest absolute Gasteiger partial charge is 0.224 e. The number of amides is 1. The second-order valence-corrected chi connectivity index (χ2v) is 9.93. The lowest BCUT2D eigenvalue weighted by Gasteiger charge is -2.35. The van der Waals surface area contributed by atoms with E-state index in [1.54, 1.807) is 18.2 Å². The van der Waals surface area contributed by atoms with Crippen molar-refractivity contribution in [1.29, 1.82) is 0 Å². The molecule has 0 aliphatic heterocycles. The summed E-state index contributed by atoms with van der Waals surface area (Å²) in [5.74, 6) is 0.135. The van der Waals surface area contributed by atoms with Crippen molar-refractivity contribution in [2.24, 2.45) is 17.6 Å². The number of halogens is 1. The molecular formula is C18H25ClN2O3S. The number of nitrogens with one attached hydrogen (secondary N) is 1. The van der Waals surface area contributed by atoms with Crippen LogP contribution in [-0.2, 0) is 14.6 Å². The Morgan fingerprint density at radius 1 is 1.24 bits per heavy atom. The molecule has 138 valence electrons. The second kappa shape index (κ2) is 7.64. The predicted octanol–water partition coefficient (Wildman–Crippen LogP) is 2.53. The van der Waals surface area contributed by atoms with Gasteiger partial charge in [0.15, 0.2) is 9.84 Å². The first kappa shape index (κ1) is 18.7. The summed E-state index contributed by atoms with van der Waals surface area (Å²) >= 11 is 5.89. The zero-order valence-corrected chi connectivity index (χ0v) is 15.7. The molecule has 0 bridgehead atoms. The molecule has 2 fully saturated rings. The summed E-state index contributed by atoms with van der Waals surface area (Å²) in [6, 6.07) is 6.34. The SMILES string of the molecule is N[C@@H]1CCCC[C@@H]1C(=O)NC[C@H]1C[C@H](S(=O)(=O)c2cccc(Cl)c2)C1. The molecule has 25 heavy (non-hydrogen) atoms. The molecular weight excluding hydrogens is 360 g/mol. The van der Waals surface area contributed by atoms with Gasteiger partial charge in [0, 0.05) is 17.6 Å². The van der Waals surface area contributed by atoms with Crippen molar-refractivity contribution in [3.8, 4) is 0 Å². The predicted molar refractivity (Wildman–Crippen MR) is 98.1 cm³/mol. The van der Waals surface area contributed by atoms with E-state index in [2.05, 4.69) is 5.32 Å². The Labute approximate surface area is 154 Å². The van der Waals surface area contributed by atoms with E-state index in [0.29, 0.717) is 24.4 Å². The molecule has 2 aliphatic rings. The number of nitrogens with two attached hydrogens (primary N) is 1. The largest absolute Gasteiger partial charge is 0.356 e. The van der Waals surface area contributed by atoms with Gasteiger partial charge in [-0.3, -0.25) is 4.79 Å². The molecule has 2 aliphatic carbocycles. The van der Waals surface area contributed by atoms with Gasteiger partial charge < -0.3 is 11.1 Å². The molecule has 5 nitrogen and oxygen atoms in total. The van der Waals surface area contributed by atoms with Gasteiger partial charge in [0.1, 0.15) is 0 Å². The number of carbonyl (C=O) groups is 1. The lowest BCUT2D eigenvalue weighted by molar-refractivity contribution is -0.126. The van der Waals surface area contributed by atoms with Gasteiger partial charge in [0.05, 0.1) is 16.1 Å². The van der Waals surface area contributed by atoms with Gasteiger partial charge >= 0.3 is 0 Å². The molecule has 2 saturated carbocycles. The maximum absolute atomic E-state index is 12.6. The van der Waals surface area contributed by atoms with Crippen LogP contribution in [0, 0.1) is 11.8 Å². The topological polar surface area (TPSA) is 89.3 Å². The maximum atomic E-state index is 12.6. The molecule has 0 radical (unpaired) electrons. The third kappa shape index (κ3) is 4.18. The van der Waals surface area contributed by atoms with E-state index < -0.39 is 9.84 Å². The van der Waals surface area contributed by atoms with Crippen molar-refractivity contribution in [2.45, 2.75) is 54.7 Å². The van der Waals surface area contributed by atoms with Crippen LogP contribution in [0.25, 0.3) is 0 Å². The summed E-state index contributed by atoms with van der Waals surface area (Å²) in [6.07, 6.45) is 5.05. The average Bonchev–Trinajstić information content (AvgIpc) is 2.53. The van der Waals surface area contributed by atoms with E-state index >= 15 is 0 Å². The highest BCUT2D eigenvalue weighted by Gasteiger charge is 2.40. The van der Waals surface area contributed by atoms with Gasteiger partial charge in [-0.2, -0.15) is 0 Å². The Hall–Kier alpha value is -1.11. The Morgan fingerprint density at radius 3 is 2.64 bits per heavy atom. The molecule has 0 spiro atoms. The lowest BCUT2D eigenvalue weighted by atomic mass is 9.83. The van der Waals surface area contributed by atoms with Crippen molar-refractivity contribution in [1.82, 2.24) is 5.32 Å². The van der Waals surface area contributed by atoms with Crippen molar-refractivity contribution in [3.05, 3.63) is 29.3 Å². The Kier molecular flexibility index (Phi) is 5.71. The van der Waals surface area contributed by atoms with Gasteiger partial charge in [-0.1, -0.05) is 30.5 Å². The molecule has 3 rings (SSSR count). The van der Waals surface area contributed by atoms with Gasteiger partial charge in [-0.25, -0.2) is 8.42 Å². The van der Waals surface area contributed by atoms with E-state index in [1.165, 1.54) is 6.07 Å². The fourth-order valence-electron chi connectivity index (χ4n) is 3.79. The van der Waals surface area contributed by atoms with Crippen LogP contribution in [0.3, 0.4) is 0 Å². The minimum absolute atomic E-state index is 0.0216. The summed E-state index contributed by atoms with van der Waals surface area (Å²) in [7, 11) is -3.34. The van der Waals surface area contributed by atoms with Crippen molar-refractivity contribution >= 4 is 27.3 Å². The Morgan fingerprint density at radius 2 is 1.96 bits per heavy atom. The first-order valence-corrected chi connectivity index (χ1v) is 10.8. The van der Waals surface area contributed by atoms with Crippen LogP contribution in [0.5, 0.6) is 0 Å². The Balaban J connectivity index is 1.48. The fourth-order valence-corrected chi connectivity index (χ4v) is 6.04. The molecule has 0 unspecified atom stereocenters. The van der Waals surface area contributed by atoms with E-state index in [1.807, 2.05) is 0 Å². The first-order chi connectivity index (χ1) is 11.9. The molecule has 1 aromatic rings. The van der Waals surface area contributed by atoms with E-state index in [0.717, 1.165) is 25.7 Å². The van der Waals surface area contributed by atoms with Crippen LogP contribution in [0.4, 0.5) is 0 Å². The van der Waals surface area contributed by atoms with Crippen LogP contribution in [-0.4, -0.2) is 32.2 Å². The van der Waals surface area contributed by atoms with Gasteiger partial charge in [-0.15, -0.1) is 0 Å². The fraction of sp³-hybridized carbons (Fsp3) is 0.611. The number of rotatable bonds is 5. The van der Waals surface area contributed by atoms with E-state index in [9.17, 15) is 13.2 Å². The first-order valence-electron chi connectivity index (χ1n) is 8.90. The third-order valence-electron chi connectivity index (χ3n) is 5.48. The highest BCUT2D eigenvalue weighted by atomic mass is 35.5. The van der Waals surface area contributed by atoms with Crippen molar-refractivity contribution in [2.75, 3.05) is 6.54 Å². The molecule has 0 saturated heterocycles. The van der Waals surface area contributed by atoms with Crippen molar-refractivity contribution in [3.63, 3.8) is 0 Å². The second-order valence-electron chi connectivity index (χ2n) is 7.26. The molecule has 1 aromatic carbocycles. The van der Waals surface area contributed by atoms with E-state index in [-0.39, 0.29) is 33.9 Å². The molecule has 7 heteroatoms. The van der Waals surface area contributed by atoms with Crippen LogP contribution < -0.4 is 11.1 Å². The minimum Gasteiger partial charge on any atom is -0.356 e. The molecule has 2 atom stereocenters. The number of carbonyl (C=O) groups excluding carboxylic acids is 1. The quantitative estimate of drug-likeness (QED) is 0.816. The summed E-state index contributed by atoms with van der Waals surface area (Å²) in [4.78, 5) is 12.5. The zero-order chi connectivity index (χ0) is 18.0. The Bertz CT molecular complexity index is 732. The average molecular weight is 385 g/mol.